The molecule has 2 unspecified atom stereocenters. The van der Waals surface area contributed by atoms with Crippen molar-refractivity contribution in [2.24, 2.45) is 12.8 Å². The van der Waals surface area contributed by atoms with Crippen LogP contribution in [0.2, 0.25) is 0 Å². The molecule has 0 aliphatic carbocycles. The minimum Gasteiger partial charge on any atom is -0.480 e. The number of hydrogen-bond acceptors (Lipinski definition) is 9. The summed E-state index contributed by atoms with van der Waals surface area (Å²) in [5.41, 5.74) is 5.07. The molecule has 0 fully saturated rings. The van der Waals surface area contributed by atoms with Gasteiger partial charge in [-0.15, -0.1) is 0 Å². The van der Waals surface area contributed by atoms with Crippen molar-refractivity contribution >= 4 is 23.4 Å². The number of nitrogens with two attached hydrogens (primary N) is 1. The molecule has 0 aromatic carbocycles. The summed E-state index contributed by atoms with van der Waals surface area (Å²) in [6.45, 7) is 5.17. The molecular weight excluding hydrogens is 422 g/mol. The molecule has 1 aromatic heterocycles. The second kappa shape index (κ2) is 11.1. The van der Waals surface area contributed by atoms with E-state index in [1.807, 2.05) is 0 Å². The van der Waals surface area contributed by atoms with Crippen LogP contribution >= 0.6 is 0 Å². The highest BCUT2D eigenvalue weighted by Crippen LogP contribution is 2.35. The molecule has 0 spiro atoms. The van der Waals surface area contributed by atoms with Crippen LogP contribution in [-0.2, 0) is 32.7 Å². The van der Waals surface area contributed by atoms with Gasteiger partial charge in [-0.25, -0.2) is 4.79 Å². The number of hydrogen-bond donors (Lipinski definition) is 2. The van der Waals surface area contributed by atoms with E-state index in [4.69, 9.17) is 15.2 Å². The summed E-state index contributed by atoms with van der Waals surface area (Å²) in [6.07, 6.45) is 0.914. The van der Waals surface area contributed by atoms with Crippen LogP contribution in [0.25, 0.3) is 0 Å². The van der Waals surface area contributed by atoms with Crippen molar-refractivity contribution in [3.8, 4) is 0 Å². The molecule has 12 nitrogen and oxygen atoms in total. The van der Waals surface area contributed by atoms with Gasteiger partial charge < -0.3 is 30.1 Å². The summed E-state index contributed by atoms with van der Waals surface area (Å²) in [7, 11) is 1.51. The van der Waals surface area contributed by atoms with Crippen LogP contribution in [0.15, 0.2) is 9.59 Å². The van der Waals surface area contributed by atoms with Gasteiger partial charge >= 0.3 is 17.6 Å². The Morgan fingerprint density at radius 1 is 1.22 bits per heavy atom. The first-order chi connectivity index (χ1) is 15.1. The molecule has 32 heavy (non-hydrogen) atoms. The van der Waals surface area contributed by atoms with Crippen LogP contribution in [0.5, 0.6) is 0 Å². The molecule has 12 heteroatoms. The van der Waals surface area contributed by atoms with Gasteiger partial charge in [-0.1, -0.05) is 0 Å². The Hall–Kier alpha value is -2.86. The standard InChI is InChI=1S/C20H33N5O7/c1-5-31-12-25-15(10-21)24(11-16(27)28)18-17(25)19(29)23(20(30)22(18)4)9-7-6-8-13(2)32-14(3)26/h13,15H,5-12,21H2,1-4H3,(H,27,28). The van der Waals surface area contributed by atoms with E-state index in [1.165, 1.54) is 23.4 Å². The Morgan fingerprint density at radius 3 is 2.47 bits per heavy atom. The molecule has 0 saturated carbocycles. The highest BCUT2D eigenvalue weighted by molar-refractivity contribution is 5.80. The highest BCUT2D eigenvalue weighted by Gasteiger charge is 2.41. The predicted molar refractivity (Wildman–Crippen MR) is 118 cm³/mol. The van der Waals surface area contributed by atoms with Crippen LogP contribution in [0, 0.1) is 0 Å². The Kier molecular flexibility index (Phi) is 8.84. The van der Waals surface area contributed by atoms with E-state index >= 15 is 0 Å². The van der Waals surface area contributed by atoms with Gasteiger partial charge in [0.15, 0.2) is 0 Å². The van der Waals surface area contributed by atoms with Crippen LogP contribution in [0.3, 0.4) is 0 Å². The van der Waals surface area contributed by atoms with E-state index in [2.05, 4.69) is 0 Å². The minimum absolute atomic E-state index is 0.0365. The molecule has 180 valence electrons. The lowest BCUT2D eigenvalue weighted by Gasteiger charge is -2.30. The van der Waals surface area contributed by atoms with Crippen molar-refractivity contribution in [3.05, 3.63) is 20.8 Å². The van der Waals surface area contributed by atoms with E-state index in [-0.39, 0.29) is 43.4 Å². The Balaban J connectivity index is 2.38. The first kappa shape index (κ1) is 25.4. The zero-order valence-corrected chi connectivity index (χ0v) is 19.1. The van der Waals surface area contributed by atoms with Gasteiger partial charge in [0.2, 0.25) is 0 Å². The minimum atomic E-state index is -1.11. The zero-order chi connectivity index (χ0) is 24.0. The number of rotatable bonds is 12. The summed E-state index contributed by atoms with van der Waals surface area (Å²) in [4.78, 5) is 51.9. The number of carboxylic acid groups (broad SMARTS) is 1. The number of fused-ring (bicyclic) bond motifs is 1. The van der Waals surface area contributed by atoms with Crippen molar-refractivity contribution in [2.45, 2.75) is 58.8 Å². The van der Waals surface area contributed by atoms with Crippen molar-refractivity contribution in [3.63, 3.8) is 0 Å². The molecule has 2 rings (SSSR count). The largest absolute Gasteiger partial charge is 0.480 e. The Bertz CT molecular complexity index is 941. The molecule has 1 aromatic rings. The number of carbonyl (C=O) groups excluding carboxylic acids is 1. The normalized spacial score (nSPS) is 16.2. The third kappa shape index (κ3) is 5.49. The van der Waals surface area contributed by atoms with Gasteiger partial charge in [0.1, 0.15) is 30.9 Å². The van der Waals surface area contributed by atoms with Crippen LogP contribution in [0.1, 0.15) is 40.0 Å². The van der Waals surface area contributed by atoms with Crippen molar-refractivity contribution in [2.75, 3.05) is 36.2 Å². The maximum absolute atomic E-state index is 13.3. The Labute approximate surface area is 186 Å². The second-order valence-corrected chi connectivity index (χ2v) is 7.72. The number of ether oxygens (including phenoxy) is 2. The molecule has 0 amide bonds. The SMILES string of the molecule is CCOCN1c2c(n(C)c(=O)n(CCCCC(C)OC(C)=O)c2=O)N(CC(=O)O)C1CN. The summed E-state index contributed by atoms with van der Waals surface area (Å²) in [6, 6.07) is 0. The van der Waals surface area contributed by atoms with Gasteiger partial charge in [-0.3, -0.25) is 23.5 Å². The smallest absolute Gasteiger partial charge is 0.332 e. The molecule has 0 bridgehead atoms. The predicted octanol–water partition coefficient (Wildman–Crippen LogP) is -0.341. The molecule has 1 aliphatic heterocycles. The van der Waals surface area contributed by atoms with Crippen LogP contribution in [-0.4, -0.2) is 64.9 Å². The molecule has 3 N–H and O–H groups in total. The van der Waals surface area contributed by atoms with E-state index < -0.39 is 29.9 Å². The van der Waals surface area contributed by atoms with Crippen LogP contribution in [0.4, 0.5) is 11.5 Å². The van der Waals surface area contributed by atoms with E-state index in [9.17, 15) is 24.3 Å². The number of carboxylic acids is 1. The fourth-order valence-electron chi connectivity index (χ4n) is 3.94. The van der Waals surface area contributed by atoms with Gasteiger partial charge in [0, 0.05) is 33.7 Å². The molecule has 1 aliphatic rings. The summed E-state index contributed by atoms with van der Waals surface area (Å²) >= 11 is 0. The number of anilines is 2. The van der Waals surface area contributed by atoms with Crippen molar-refractivity contribution in [1.82, 2.24) is 9.13 Å². The van der Waals surface area contributed by atoms with E-state index in [0.29, 0.717) is 25.9 Å². The topological polar surface area (TPSA) is 149 Å². The molecular formula is C20H33N5O7. The van der Waals surface area contributed by atoms with Gasteiger partial charge in [0.05, 0.1) is 6.10 Å². The first-order valence-corrected chi connectivity index (χ1v) is 10.7. The Morgan fingerprint density at radius 2 is 1.91 bits per heavy atom. The lowest BCUT2D eigenvalue weighted by molar-refractivity contribution is -0.145. The first-order valence-electron chi connectivity index (χ1n) is 10.7. The maximum atomic E-state index is 13.3. The quantitative estimate of drug-likeness (QED) is 0.316. The number of nitrogens with zero attached hydrogens (tertiary/aromatic N) is 4. The molecule has 0 saturated heterocycles. The monoisotopic (exact) mass is 455 g/mol. The lowest BCUT2D eigenvalue weighted by atomic mass is 10.1. The van der Waals surface area contributed by atoms with Gasteiger partial charge in [-0.2, -0.15) is 0 Å². The number of esters is 1. The van der Waals surface area contributed by atoms with Gasteiger partial charge in [0.25, 0.3) is 5.56 Å². The average molecular weight is 456 g/mol. The van der Waals surface area contributed by atoms with E-state index in [1.54, 1.807) is 18.7 Å². The number of aliphatic carboxylic acids is 1. The number of aromatic nitrogens is 2. The third-order valence-corrected chi connectivity index (χ3v) is 5.33. The van der Waals surface area contributed by atoms with Crippen LogP contribution < -0.4 is 26.8 Å². The fraction of sp³-hybridized carbons (Fsp3) is 0.700. The van der Waals surface area contributed by atoms with E-state index in [0.717, 1.165) is 4.57 Å². The van der Waals surface area contributed by atoms with Gasteiger partial charge in [-0.05, 0) is 33.1 Å². The van der Waals surface area contributed by atoms with Crippen molar-refractivity contribution < 1.29 is 24.2 Å². The number of carbonyl (C=O) groups is 2. The lowest BCUT2D eigenvalue weighted by Crippen LogP contribution is -2.51. The molecule has 2 atom stereocenters. The summed E-state index contributed by atoms with van der Waals surface area (Å²) in [5.74, 6) is -1.24. The third-order valence-electron chi connectivity index (χ3n) is 5.33. The highest BCUT2D eigenvalue weighted by atomic mass is 16.5. The summed E-state index contributed by atoms with van der Waals surface area (Å²) in [5, 5.41) is 9.37. The maximum Gasteiger partial charge on any atom is 0.332 e. The second-order valence-electron chi connectivity index (χ2n) is 7.72. The number of unbranched alkanes of at least 4 members (excludes halogenated alkanes) is 1. The molecule has 2 heterocycles. The fourth-order valence-corrected chi connectivity index (χ4v) is 3.94. The zero-order valence-electron chi connectivity index (χ0n) is 19.1. The van der Waals surface area contributed by atoms with Crippen molar-refractivity contribution in [1.29, 1.82) is 0 Å². The average Bonchev–Trinajstić information content (AvgIpc) is 3.01. The molecule has 0 radical (unpaired) electrons. The summed E-state index contributed by atoms with van der Waals surface area (Å²) < 4.78 is 13.0.